The number of halogens is 2. The van der Waals surface area contributed by atoms with E-state index in [0.29, 0.717) is 0 Å². The molecule has 1 aromatic rings. The molecular formula is C13H19Cl2N. The van der Waals surface area contributed by atoms with Gasteiger partial charge in [0.15, 0.2) is 0 Å². The fraction of sp³-hybridized carbons (Fsp3) is 0.538. The number of aryl methyl sites for hydroxylation is 1. The summed E-state index contributed by atoms with van der Waals surface area (Å²) in [5.74, 6) is 0.908. The van der Waals surface area contributed by atoms with Crippen molar-refractivity contribution in [2.45, 2.75) is 25.7 Å². The highest BCUT2D eigenvalue weighted by molar-refractivity contribution is 6.30. The Hall–Kier alpha value is -0.240. The zero-order valence-corrected chi connectivity index (χ0v) is 11.0. The van der Waals surface area contributed by atoms with Crippen LogP contribution in [0.5, 0.6) is 0 Å². The second-order valence-corrected chi connectivity index (χ2v) is 4.80. The topological polar surface area (TPSA) is 12.0 Å². The monoisotopic (exact) mass is 259 g/mol. The minimum Gasteiger partial charge on any atom is -0.317 e. The van der Waals surface area contributed by atoms with E-state index in [0.717, 1.165) is 10.9 Å². The Morgan fingerprint density at radius 3 is 2.69 bits per heavy atom. The Balaban J connectivity index is 0.00000128. The summed E-state index contributed by atoms with van der Waals surface area (Å²) in [6, 6.07) is 8.24. The van der Waals surface area contributed by atoms with Crippen molar-refractivity contribution in [3.63, 3.8) is 0 Å². The Kier molecular flexibility index (Phi) is 6.18. The van der Waals surface area contributed by atoms with Crippen molar-refractivity contribution in [3.8, 4) is 0 Å². The maximum atomic E-state index is 5.96. The summed E-state index contributed by atoms with van der Waals surface area (Å²) < 4.78 is 0. The van der Waals surface area contributed by atoms with Crippen LogP contribution in [0.4, 0.5) is 0 Å². The van der Waals surface area contributed by atoms with Crippen LogP contribution in [0.1, 0.15) is 24.8 Å². The van der Waals surface area contributed by atoms with Crippen molar-refractivity contribution in [2.75, 3.05) is 13.1 Å². The molecule has 0 unspecified atom stereocenters. The summed E-state index contributed by atoms with van der Waals surface area (Å²) in [4.78, 5) is 0. The average molecular weight is 260 g/mol. The second kappa shape index (κ2) is 7.16. The molecule has 0 atom stereocenters. The van der Waals surface area contributed by atoms with Gasteiger partial charge >= 0.3 is 0 Å². The molecule has 3 heteroatoms. The molecule has 0 aromatic heterocycles. The van der Waals surface area contributed by atoms with Crippen LogP contribution in [0.15, 0.2) is 24.3 Å². The van der Waals surface area contributed by atoms with Gasteiger partial charge in [0.05, 0.1) is 0 Å². The third-order valence-corrected chi connectivity index (χ3v) is 3.42. The molecule has 0 aliphatic carbocycles. The van der Waals surface area contributed by atoms with Gasteiger partial charge in [-0.3, -0.25) is 0 Å². The molecule has 1 saturated heterocycles. The highest BCUT2D eigenvalue weighted by Crippen LogP contribution is 2.20. The van der Waals surface area contributed by atoms with Gasteiger partial charge in [0.1, 0.15) is 0 Å². The Bertz CT molecular complexity index is 309. The van der Waals surface area contributed by atoms with E-state index in [9.17, 15) is 0 Å². The largest absolute Gasteiger partial charge is 0.317 e. The summed E-state index contributed by atoms with van der Waals surface area (Å²) in [5.41, 5.74) is 1.38. The Morgan fingerprint density at radius 1 is 1.25 bits per heavy atom. The molecule has 0 radical (unpaired) electrons. The maximum absolute atomic E-state index is 5.96. The zero-order valence-electron chi connectivity index (χ0n) is 9.42. The van der Waals surface area contributed by atoms with E-state index in [1.807, 2.05) is 12.1 Å². The second-order valence-electron chi connectivity index (χ2n) is 4.36. The molecule has 90 valence electrons. The summed E-state index contributed by atoms with van der Waals surface area (Å²) in [7, 11) is 0. The first-order chi connectivity index (χ1) is 7.34. The molecule has 0 spiro atoms. The summed E-state index contributed by atoms with van der Waals surface area (Å²) in [6.45, 7) is 2.39. The molecule has 0 bridgehead atoms. The van der Waals surface area contributed by atoms with Gasteiger partial charge in [-0.05, 0) is 62.4 Å². The van der Waals surface area contributed by atoms with E-state index in [1.54, 1.807) is 0 Å². The minimum absolute atomic E-state index is 0. The third-order valence-electron chi connectivity index (χ3n) is 3.19. The van der Waals surface area contributed by atoms with Crippen molar-refractivity contribution in [1.82, 2.24) is 5.32 Å². The molecule has 16 heavy (non-hydrogen) atoms. The van der Waals surface area contributed by atoms with E-state index < -0.39 is 0 Å². The van der Waals surface area contributed by atoms with E-state index in [1.165, 1.54) is 44.3 Å². The number of hydrogen-bond acceptors (Lipinski definition) is 1. The molecule has 1 aliphatic rings. The van der Waals surface area contributed by atoms with Crippen molar-refractivity contribution < 1.29 is 0 Å². The smallest absolute Gasteiger partial charge is 0.0408 e. The fourth-order valence-electron chi connectivity index (χ4n) is 2.23. The van der Waals surface area contributed by atoms with Gasteiger partial charge in [-0.15, -0.1) is 12.4 Å². The van der Waals surface area contributed by atoms with Gasteiger partial charge in [-0.25, -0.2) is 0 Å². The number of piperidine rings is 1. The van der Waals surface area contributed by atoms with Crippen LogP contribution in [0.3, 0.4) is 0 Å². The first-order valence-electron chi connectivity index (χ1n) is 5.80. The first-order valence-corrected chi connectivity index (χ1v) is 6.17. The lowest BCUT2D eigenvalue weighted by molar-refractivity contribution is 0.354. The van der Waals surface area contributed by atoms with Crippen molar-refractivity contribution in [1.29, 1.82) is 0 Å². The fourth-order valence-corrected chi connectivity index (χ4v) is 2.45. The SMILES string of the molecule is Cl.Clc1cccc(CCC2CCNCC2)c1. The standard InChI is InChI=1S/C13H18ClN.ClH/c14-13-3-1-2-12(10-13)5-4-11-6-8-15-9-7-11;/h1-3,10-11,15H,4-9H2;1H. The first kappa shape index (κ1) is 13.8. The zero-order chi connectivity index (χ0) is 10.5. The molecule has 2 rings (SSSR count). The minimum atomic E-state index is 0. The van der Waals surface area contributed by atoms with E-state index >= 15 is 0 Å². The van der Waals surface area contributed by atoms with Crippen LogP contribution < -0.4 is 5.32 Å². The van der Waals surface area contributed by atoms with Gasteiger partial charge in [0.2, 0.25) is 0 Å². The lowest BCUT2D eigenvalue weighted by atomic mass is 9.91. The molecule has 1 N–H and O–H groups in total. The number of benzene rings is 1. The molecule has 1 aliphatic heterocycles. The van der Waals surface area contributed by atoms with Gasteiger partial charge < -0.3 is 5.32 Å². The Labute approximate surface area is 109 Å². The normalized spacial score (nSPS) is 16.8. The van der Waals surface area contributed by atoms with Crippen LogP contribution in [0.25, 0.3) is 0 Å². The maximum Gasteiger partial charge on any atom is 0.0408 e. The van der Waals surface area contributed by atoms with Crippen LogP contribution in [0.2, 0.25) is 5.02 Å². The highest BCUT2D eigenvalue weighted by Gasteiger charge is 2.12. The number of hydrogen-bond donors (Lipinski definition) is 1. The molecular weight excluding hydrogens is 241 g/mol. The van der Waals surface area contributed by atoms with E-state index in [-0.39, 0.29) is 12.4 Å². The van der Waals surface area contributed by atoms with Crippen molar-refractivity contribution >= 4 is 24.0 Å². The van der Waals surface area contributed by atoms with Crippen molar-refractivity contribution in [2.24, 2.45) is 5.92 Å². The third kappa shape index (κ3) is 4.32. The predicted molar refractivity (Wildman–Crippen MR) is 72.6 cm³/mol. The van der Waals surface area contributed by atoms with Gasteiger partial charge in [0.25, 0.3) is 0 Å². The summed E-state index contributed by atoms with van der Waals surface area (Å²) >= 11 is 5.96. The molecule has 0 saturated carbocycles. The predicted octanol–water partition coefficient (Wildman–Crippen LogP) is 3.69. The van der Waals surface area contributed by atoms with E-state index in [4.69, 9.17) is 11.6 Å². The molecule has 1 aromatic carbocycles. The van der Waals surface area contributed by atoms with Crippen molar-refractivity contribution in [3.05, 3.63) is 34.9 Å². The van der Waals surface area contributed by atoms with Gasteiger partial charge in [0, 0.05) is 5.02 Å². The molecule has 0 amide bonds. The average Bonchev–Trinajstić information content (AvgIpc) is 2.28. The van der Waals surface area contributed by atoms with E-state index in [2.05, 4.69) is 17.4 Å². The van der Waals surface area contributed by atoms with Gasteiger partial charge in [-0.1, -0.05) is 23.7 Å². The lowest BCUT2D eigenvalue weighted by Gasteiger charge is -2.22. The highest BCUT2D eigenvalue weighted by atomic mass is 35.5. The van der Waals surface area contributed by atoms with Crippen LogP contribution >= 0.6 is 24.0 Å². The lowest BCUT2D eigenvalue weighted by Crippen LogP contribution is -2.27. The Morgan fingerprint density at radius 2 is 2.00 bits per heavy atom. The number of rotatable bonds is 3. The van der Waals surface area contributed by atoms with Crippen LogP contribution in [-0.2, 0) is 6.42 Å². The summed E-state index contributed by atoms with van der Waals surface area (Å²) in [5, 5.41) is 4.26. The molecule has 1 fully saturated rings. The molecule has 1 heterocycles. The number of nitrogens with one attached hydrogen (secondary N) is 1. The quantitative estimate of drug-likeness (QED) is 0.873. The van der Waals surface area contributed by atoms with Crippen LogP contribution in [0, 0.1) is 5.92 Å². The van der Waals surface area contributed by atoms with Gasteiger partial charge in [-0.2, -0.15) is 0 Å². The van der Waals surface area contributed by atoms with Crippen LogP contribution in [-0.4, -0.2) is 13.1 Å². The summed E-state index contributed by atoms with van der Waals surface area (Å²) in [6.07, 6.45) is 5.15. The molecule has 1 nitrogen and oxygen atoms in total.